The van der Waals surface area contributed by atoms with Crippen LogP contribution in [0, 0.1) is 0 Å². The Morgan fingerprint density at radius 2 is 1.21 bits per heavy atom. The Balaban J connectivity index is 2.07. The minimum Gasteiger partial charge on any atom is -0.488 e. The third-order valence-corrected chi connectivity index (χ3v) is 4.93. The molecule has 0 saturated heterocycles. The summed E-state index contributed by atoms with van der Waals surface area (Å²) in [5.41, 5.74) is 3.38. The van der Waals surface area contributed by atoms with Crippen molar-refractivity contribution >= 4 is 0 Å². The molecule has 4 nitrogen and oxygen atoms in total. The van der Waals surface area contributed by atoms with Gasteiger partial charge in [0.15, 0.2) is 5.75 Å². The van der Waals surface area contributed by atoms with E-state index in [1.807, 2.05) is 54.6 Å². The third-order valence-electron chi connectivity index (χ3n) is 4.93. The highest BCUT2D eigenvalue weighted by Crippen LogP contribution is 2.47. The number of ether oxygens (including phenoxy) is 1. The first kappa shape index (κ1) is 18.0. The summed E-state index contributed by atoms with van der Waals surface area (Å²) in [4.78, 5) is 0. The first-order valence-corrected chi connectivity index (χ1v) is 9.32. The van der Waals surface area contributed by atoms with Crippen LogP contribution in [0.3, 0.4) is 0 Å². The maximum atomic E-state index is 9.25. The zero-order valence-electron chi connectivity index (χ0n) is 15.5. The molecule has 3 aromatic carbocycles. The molecule has 0 radical (unpaired) electrons. The molecular weight excluding hydrogens is 348 g/mol. The van der Waals surface area contributed by atoms with Gasteiger partial charge in [0.05, 0.1) is 18.2 Å². The Kier molecular flexibility index (Phi) is 5.22. The Morgan fingerprint density at radius 3 is 1.64 bits per heavy atom. The molecule has 140 valence electrons. The normalized spacial score (nSPS) is 11.3. The van der Waals surface area contributed by atoms with Crippen LogP contribution >= 0.6 is 0 Å². The van der Waals surface area contributed by atoms with Crippen LogP contribution in [0.2, 0.25) is 0 Å². The number of aliphatic hydroxyl groups is 1. The van der Waals surface area contributed by atoms with Gasteiger partial charge >= 0.3 is 0 Å². The van der Waals surface area contributed by atoms with Crippen LogP contribution in [0.25, 0.3) is 0 Å². The molecule has 0 atom stereocenters. The minimum absolute atomic E-state index is 0.0559. The van der Waals surface area contributed by atoms with E-state index in [2.05, 4.69) is 46.6 Å². The van der Waals surface area contributed by atoms with Crippen molar-refractivity contribution in [2.24, 2.45) is 0 Å². The van der Waals surface area contributed by atoms with Gasteiger partial charge in [-0.05, 0) is 16.7 Å². The lowest BCUT2D eigenvalue weighted by atomic mass is 9.67. The number of H-pyrrole nitrogens is 1. The predicted molar refractivity (Wildman–Crippen MR) is 109 cm³/mol. The quantitative estimate of drug-likeness (QED) is 0.480. The second-order valence-corrected chi connectivity index (χ2v) is 6.52. The van der Waals surface area contributed by atoms with Crippen LogP contribution in [0.1, 0.15) is 22.4 Å². The van der Waals surface area contributed by atoms with Crippen LogP contribution in [0.5, 0.6) is 5.75 Å². The van der Waals surface area contributed by atoms with Gasteiger partial charge in [-0.15, -0.1) is 0 Å². The van der Waals surface area contributed by atoms with Gasteiger partial charge in [-0.25, -0.2) is 0 Å². The number of rotatable bonds is 7. The number of hydrogen-bond donors (Lipinski definition) is 2. The maximum absolute atomic E-state index is 9.25. The van der Waals surface area contributed by atoms with Crippen LogP contribution in [0.15, 0.2) is 97.2 Å². The van der Waals surface area contributed by atoms with Gasteiger partial charge < -0.3 is 9.84 Å². The van der Waals surface area contributed by atoms with Crippen molar-refractivity contribution in [2.45, 2.75) is 5.41 Å². The van der Waals surface area contributed by atoms with Crippen molar-refractivity contribution in [3.05, 3.63) is 120 Å². The highest BCUT2D eigenvalue weighted by molar-refractivity contribution is 5.60. The lowest BCUT2D eigenvalue weighted by Crippen LogP contribution is -2.32. The summed E-state index contributed by atoms with van der Waals surface area (Å²) in [6.07, 6.45) is 1.74. The van der Waals surface area contributed by atoms with E-state index in [1.54, 1.807) is 6.20 Å². The van der Waals surface area contributed by atoms with Crippen molar-refractivity contribution in [3.8, 4) is 5.75 Å². The van der Waals surface area contributed by atoms with E-state index in [0.717, 1.165) is 22.4 Å². The molecule has 0 unspecified atom stereocenters. The number of nitrogens with zero attached hydrogens (tertiary/aromatic N) is 1. The lowest BCUT2D eigenvalue weighted by molar-refractivity contribution is 0.199. The van der Waals surface area contributed by atoms with Gasteiger partial charge in [0.2, 0.25) is 0 Å². The summed E-state index contributed by atoms with van der Waals surface area (Å²) in [6, 6.07) is 31.0. The molecule has 28 heavy (non-hydrogen) atoms. The predicted octanol–water partition coefficient (Wildman–Crippen LogP) is 4.16. The van der Waals surface area contributed by atoms with Crippen molar-refractivity contribution in [3.63, 3.8) is 0 Å². The van der Waals surface area contributed by atoms with Gasteiger partial charge in [0.1, 0.15) is 12.3 Å². The second kappa shape index (κ2) is 8.11. The maximum Gasteiger partial charge on any atom is 0.161 e. The molecule has 4 aromatic rings. The Hall–Kier alpha value is -3.37. The molecule has 0 saturated carbocycles. The Labute approximate surface area is 164 Å². The van der Waals surface area contributed by atoms with Gasteiger partial charge in [-0.1, -0.05) is 91.0 Å². The number of aromatic nitrogens is 2. The molecule has 0 fully saturated rings. The molecule has 0 spiro atoms. The summed E-state index contributed by atoms with van der Waals surface area (Å²) >= 11 is 0. The summed E-state index contributed by atoms with van der Waals surface area (Å²) in [7, 11) is 0. The highest BCUT2D eigenvalue weighted by atomic mass is 16.5. The molecule has 0 aliphatic carbocycles. The van der Waals surface area contributed by atoms with Gasteiger partial charge in [0.25, 0.3) is 0 Å². The van der Waals surface area contributed by atoms with E-state index in [-0.39, 0.29) is 13.2 Å². The fraction of sp³-hybridized carbons (Fsp3) is 0.125. The summed E-state index contributed by atoms with van der Waals surface area (Å²) in [6.45, 7) is 0.153. The first-order chi connectivity index (χ1) is 13.9. The second-order valence-electron chi connectivity index (χ2n) is 6.52. The number of aromatic amines is 1. The molecule has 4 rings (SSSR count). The monoisotopic (exact) mass is 370 g/mol. The van der Waals surface area contributed by atoms with Crippen molar-refractivity contribution < 1.29 is 9.84 Å². The van der Waals surface area contributed by atoms with Crippen molar-refractivity contribution in [1.82, 2.24) is 10.2 Å². The summed E-state index contributed by atoms with van der Waals surface area (Å²) < 4.78 is 5.85. The highest BCUT2D eigenvalue weighted by Gasteiger charge is 2.42. The van der Waals surface area contributed by atoms with E-state index in [1.165, 1.54) is 0 Å². The van der Waals surface area contributed by atoms with Crippen LogP contribution in [-0.2, 0) is 5.41 Å². The standard InChI is InChI=1S/C24H22N2O2/c27-16-17-28-22-18-25-26-23(22)24(19-10-4-1-5-11-19,20-12-6-2-7-13-20)21-14-8-3-9-15-21/h1-15,18,27H,16-17H2,(H,25,26). The van der Waals surface area contributed by atoms with Gasteiger partial charge in [-0.3, -0.25) is 5.10 Å². The molecule has 0 aliphatic heterocycles. The number of hydrogen-bond acceptors (Lipinski definition) is 3. The van der Waals surface area contributed by atoms with E-state index >= 15 is 0 Å². The molecule has 4 heteroatoms. The Bertz CT molecular complexity index is 902. The van der Waals surface area contributed by atoms with Gasteiger partial charge in [0, 0.05) is 0 Å². The van der Waals surface area contributed by atoms with Crippen LogP contribution in [0.4, 0.5) is 0 Å². The minimum atomic E-state index is -0.658. The number of benzene rings is 3. The largest absolute Gasteiger partial charge is 0.488 e. The molecule has 0 aliphatic rings. The van der Waals surface area contributed by atoms with Crippen LogP contribution < -0.4 is 4.74 Å². The fourth-order valence-electron chi connectivity index (χ4n) is 3.79. The molecule has 1 aromatic heterocycles. The van der Waals surface area contributed by atoms with Crippen molar-refractivity contribution in [2.75, 3.05) is 13.2 Å². The van der Waals surface area contributed by atoms with E-state index in [0.29, 0.717) is 5.75 Å². The van der Waals surface area contributed by atoms with Crippen molar-refractivity contribution in [1.29, 1.82) is 0 Å². The zero-order chi connectivity index (χ0) is 19.2. The van der Waals surface area contributed by atoms with Crippen LogP contribution in [-0.4, -0.2) is 28.5 Å². The first-order valence-electron chi connectivity index (χ1n) is 9.32. The Morgan fingerprint density at radius 1 is 0.750 bits per heavy atom. The topological polar surface area (TPSA) is 58.1 Å². The smallest absolute Gasteiger partial charge is 0.161 e. The average Bonchev–Trinajstić information content (AvgIpc) is 3.24. The van der Waals surface area contributed by atoms with Gasteiger partial charge in [-0.2, -0.15) is 5.10 Å². The van der Waals surface area contributed by atoms with E-state index in [9.17, 15) is 5.11 Å². The molecule has 0 amide bonds. The molecule has 1 heterocycles. The van der Waals surface area contributed by atoms with E-state index in [4.69, 9.17) is 4.74 Å². The third kappa shape index (κ3) is 3.08. The SMILES string of the molecule is OCCOc1c[nH]nc1C(c1ccccc1)(c1ccccc1)c1ccccc1. The summed E-state index contributed by atoms with van der Waals surface area (Å²) in [5, 5.41) is 16.9. The number of nitrogens with one attached hydrogen (secondary N) is 1. The summed E-state index contributed by atoms with van der Waals surface area (Å²) in [5.74, 6) is 0.630. The average molecular weight is 370 g/mol. The molecule has 2 N–H and O–H groups in total. The lowest BCUT2D eigenvalue weighted by Gasteiger charge is -2.35. The zero-order valence-corrected chi connectivity index (χ0v) is 15.5. The molecule has 0 bridgehead atoms. The number of aliphatic hydroxyl groups excluding tert-OH is 1. The van der Waals surface area contributed by atoms with E-state index < -0.39 is 5.41 Å². The fourth-order valence-corrected chi connectivity index (χ4v) is 3.79. The molecular formula is C24H22N2O2.